The van der Waals surface area contributed by atoms with E-state index in [2.05, 4.69) is 44.3 Å². The van der Waals surface area contributed by atoms with Gasteiger partial charge in [0, 0.05) is 5.25 Å². The molecule has 0 aromatic heterocycles. The standard InChI is InChI=1S/C9H18S2/c1-4-9(5-2)10-7-6-8(3)11-9/h8H,4-7H2,1-3H3. The molecule has 1 aliphatic heterocycles. The van der Waals surface area contributed by atoms with Crippen molar-refractivity contribution in [3.8, 4) is 0 Å². The van der Waals surface area contributed by atoms with E-state index in [9.17, 15) is 0 Å². The van der Waals surface area contributed by atoms with E-state index in [1.807, 2.05) is 0 Å². The Morgan fingerprint density at radius 3 is 2.36 bits per heavy atom. The second-order valence-corrected chi connectivity index (χ2v) is 6.74. The Bertz CT molecular complexity index is 119. The Kier molecular flexibility index (Phi) is 3.63. The van der Waals surface area contributed by atoms with Crippen LogP contribution >= 0.6 is 23.5 Å². The Morgan fingerprint density at radius 1 is 1.36 bits per heavy atom. The van der Waals surface area contributed by atoms with Gasteiger partial charge in [0.2, 0.25) is 0 Å². The Hall–Kier alpha value is 0.700. The van der Waals surface area contributed by atoms with E-state index in [0.29, 0.717) is 4.08 Å². The molecule has 0 N–H and O–H groups in total. The van der Waals surface area contributed by atoms with Gasteiger partial charge in [0.15, 0.2) is 0 Å². The van der Waals surface area contributed by atoms with Crippen LogP contribution in [-0.4, -0.2) is 15.1 Å². The van der Waals surface area contributed by atoms with Gasteiger partial charge in [0.25, 0.3) is 0 Å². The highest BCUT2D eigenvalue weighted by atomic mass is 32.2. The summed E-state index contributed by atoms with van der Waals surface area (Å²) in [5.74, 6) is 1.37. The summed E-state index contributed by atoms with van der Waals surface area (Å²) in [5, 5.41) is 0.885. The smallest absolute Gasteiger partial charge is 0.0608 e. The van der Waals surface area contributed by atoms with Gasteiger partial charge in [0.05, 0.1) is 4.08 Å². The third-order valence-corrected chi connectivity index (χ3v) is 6.21. The maximum Gasteiger partial charge on any atom is 0.0608 e. The molecule has 0 aromatic carbocycles. The Balaban J connectivity index is 2.52. The number of hydrogen-bond acceptors (Lipinski definition) is 2. The van der Waals surface area contributed by atoms with Crippen molar-refractivity contribution in [3.05, 3.63) is 0 Å². The van der Waals surface area contributed by atoms with Crippen LogP contribution in [0.25, 0.3) is 0 Å². The van der Waals surface area contributed by atoms with Crippen LogP contribution in [0.1, 0.15) is 40.0 Å². The molecule has 0 saturated carbocycles. The lowest BCUT2D eigenvalue weighted by Gasteiger charge is -2.37. The molecule has 1 fully saturated rings. The second kappa shape index (κ2) is 4.08. The highest BCUT2D eigenvalue weighted by Crippen LogP contribution is 2.49. The molecule has 1 aliphatic rings. The molecule has 0 radical (unpaired) electrons. The lowest BCUT2D eigenvalue weighted by Crippen LogP contribution is -2.26. The SMILES string of the molecule is CCC1(CC)SCCC(C)S1. The fourth-order valence-corrected chi connectivity index (χ4v) is 5.21. The zero-order chi connectivity index (χ0) is 8.32. The molecule has 1 atom stereocenters. The Morgan fingerprint density at radius 2 is 2.00 bits per heavy atom. The van der Waals surface area contributed by atoms with Gasteiger partial charge >= 0.3 is 0 Å². The van der Waals surface area contributed by atoms with Gasteiger partial charge in [-0.3, -0.25) is 0 Å². The van der Waals surface area contributed by atoms with E-state index in [4.69, 9.17) is 0 Å². The van der Waals surface area contributed by atoms with Gasteiger partial charge in [-0.1, -0.05) is 20.8 Å². The highest BCUT2D eigenvalue weighted by Gasteiger charge is 2.32. The van der Waals surface area contributed by atoms with Crippen molar-refractivity contribution in [1.82, 2.24) is 0 Å². The predicted octanol–water partition coefficient (Wildman–Crippen LogP) is 3.76. The van der Waals surface area contributed by atoms with Crippen LogP contribution in [0.3, 0.4) is 0 Å². The second-order valence-electron chi connectivity index (χ2n) is 3.18. The lowest BCUT2D eigenvalue weighted by atomic mass is 10.2. The summed E-state index contributed by atoms with van der Waals surface area (Å²) in [7, 11) is 0. The van der Waals surface area contributed by atoms with E-state index < -0.39 is 0 Å². The van der Waals surface area contributed by atoms with Crippen molar-refractivity contribution in [2.45, 2.75) is 49.4 Å². The van der Waals surface area contributed by atoms with E-state index in [1.54, 1.807) is 0 Å². The van der Waals surface area contributed by atoms with Gasteiger partial charge in [0.1, 0.15) is 0 Å². The van der Waals surface area contributed by atoms with Crippen LogP contribution in [0, 0.1) is 0 Å². The fourth-order valence-electron chi connectivity index (χ4n) is 1.49. The molecule has 1 rings (SSSR count). The lowest BCUT2D eigenvalue weighted by molar-refractivity contribution is 0.716. The summed E-state index contributed by atoms with van der Waals surface area (Å²) in [6.07, 6.45) is 4.05. The maximum atomic E-state index is 2.37. The minimum Gasteiger partial charge on any atom is -0.144 e. The third kappa shape index (κ3) is 2.32. The van der Waals surface area contributed by atoms with Crippen molar-refractivity contribution in [3.63, 3.8) is 0 Å². The number of thioether (sulfide) groups is 2. The molecule has 66 valence electrons. The van der Waals surface area contributed by atoms with Gasteiger partial charge in [-0.05, 0) is 25.0 Å². The van der Waals surface area contributed by atoms with Crippen molar-refractivity contribution in [1.29, 1.82) is 0 Å². The first-order chi connectivity index (χ1) is 5.22. The maximum absolute atomic E-state index is 2.37. The summed E-state index contributed by atoms with van der Waals surface area (Å²) in [6.45, 7) is 7.01. The van der Waals surface area contributed by atoms with Crippen molar-refractivity contribution < 1.29 is 0 Å². The number of hydrogen-bond donors (Lipinski definition) is 0. The molecule has 11 heavy (non-hydrogen) atoms. The van der Waals surface area contributed by atoms with Crippen LogP contribution in [-0.2, 0) is 0 Å². The summed E-state index contributed by atoms with van der Waals surface area (Å²) >= 11 is 4.37. The normalized spacial score (nSPS) is 30.3. The number of rotatable bonds is 2. The average Bonchev–Trinajstić information content (AvgIpc) is 2.04. The summed E-state index contributed by atoms with van der Waals surface area (Å²) in [5.41, 5.74) is 0. The zero-order valence-electron chi connectivity index (χ0n) is 7.72. The van der Waals surface area contributed by atoms with E-state index in [1.165, 1.54) is 25.0 Å². The third-order valence-electron chi connectivity index (χ3n) is 2.38. The molecule has 0 nitrogen and oxygen atoms in total. The fraction of sp³-hybridized carbons (Fsp3) is 1.00. The minimum atomic E-state index is 0.567. The van der Waals surface area contributed by atoms with Crippen molar-refractivity contribution >= 4 is 23.5 Å². The van der Waals surface area contributed by atoms with E-state index >= 15 is 0 Å². The molecule has 0 aromatic rings. The first kappa shape index (κ1) is 9.79. The first-order valence-electron chi connectivity index (χ1n) is 4.54. The monoisotopic (exact) mass is 190 g/mol. The van der Waals surface area contributed by atoms with Crippen molar-refractivity contribution in [2.24, 2.45) is 0 Å². The topological polar surface area (TPSA) is 0 Å². The quantitative estimate of drug-likeness (QED) is 0.650. The predicted molar refractivity (Wildman–Crippen MR) is 57.4 cm³/mol. The van der Waals surface area contributed by atoms with Gasteiger partial charge in [-0.2, -0.15) is 0 Å². The van der Waals surface area contributed by atoms with E-state index in [-0.39, 0.29) is 0 Å². The molecule has 0 spiro atoms. The van der Waals surface area contributed by atoms with Crippen LogP contribution in [0.4, 0.5) is 0 Å². The highest BCUT2D eigenvalue weighted by molar-refractivity contribution is 8.19. The van der Waals surface area contributed by atoms with Crippen LogP contribution in [0.2, 0.25) is 0 Å². The average molecular weight is 190 g/mol. The van der Waals surface area contributed by atoms with E-state index in [0.717, 1.165) is 5.25 Å². The molecule has 1 heterocycles. The molecular formula is C9H18S2. The minimum absolute atomic E-state index is 0.567. The van der Waals surface area contributed by atoms with Crippen molar-refractivity contribution in [2.75, 3.05) is 5.75 Å². The summed E-state index contributed by atoms with van der Waals surface area (Å²) < 4.78 is 0.567. The van der Waals surface area contributed by atoms with Crippen LogP contribution < -0.4 is 0 Å². The molecule has 2 heteroatoms. The largest absolute Gasteiger partial charge is 0.144 e. The van der Waals surface area contributed by atoms with Gasteiger partial charge in [-0.15, -0.1) is 23.5 Å². The van der Waals surface area contributed by atoms with Gasteiger partial charge < -0.3 is 0 Å². The molecule has 1 unspecified atom stereocenters. The summed E-state index contributed by atoms with van der Waals surface area (Å²) in [4.78, 5) is 0. The summed E-state index contributed by atoms with van der Waals surface area (Å²) in [6, 6.07) is 0. The van der Waals surface area contributed by atoms with Gasteiger partial charge in [-0.25, -0.2) is 0 Å². The van der Waals surface area contributed by atoms with Crippen LogP contribution in [0.15, 0.2) is 0 Å². The molecule has 0 aliphatic carbocycles. The molecule has 0 amide bonds. The van der Waals surface area contributed by atoms with Crippen LogP contribution in [0.5, 0.6) is 0 Å². The zero-order valence-corrected chi connectivity index (χ0v) is 9.36. The Labute approximate surface area is 78.9 Å². The first-order valence-corrected chi connectivity index (χ1v) is 6.40. The molecular weight excluding hydrogens is 172 g/mol. The molecule has 1 saturated heterocycles. The molecule has 0 bridgehead atoms.